The predicted molar refractivity (Wildman–Crippen MR) is 122 cm³/mol. The van der Waals surface area contributed by atoms with Crippen LogP contribution in [-0.2, 0) is 33.2 Å². The van der Waals surface area contributed by atoms with Gasteiger partial charge in [0.1, 0.15) is 18.3 Å². The Hall–Kier alpha value is -2.31. The number of aromatic nitrogens is 1. The number of pyridine rings is 1. The molecule has 5 rings (SSSR count). The highest BCUT2D eigenvalue weighted by Crippen LogP contribution is 2.39. The van der Waals surface area contributed by atoms with Gasteiger partial charge >= 0.3 is 0 Å². The Morgan fingerprint density at radius 2 is 1.76 bits per heavy atom. The number of methoxy groups -OCH3 is 1. The first-order chi connectivity index (χ1) is 16.3. The zero-order chi connectivity index (χ0) is 24.0. The summed E-state index contributed by atoms with van der Waals surface area (Å²) in [6.45, 7) is 0.543. The number of benzene rings is 2. The maximum Gasteiger partial charge on any atom is 0.297 e. The zero-order valence-corrected chi connectivity index (χ0v) is 19.9. The van der Waals surface area contributed by atoms with Gasteiger partial charge in [0.2, 0.25) is 0 Å². The van der Waals surface area contributed by atoms with Crippen molar-refractivity contribution in [1.82, 2.24) is 4.57 Å². The molecule has 1 unspecified atom stereocenters. The van der Waals surface area contributed by atoms with E-state index in [9.17, 15) is 13.2 Å². The molecule has 2 aliphatic rings. The lowest BCUT2D eigenvalue weighted by Gasteiger charge is -2.21. The summed E-state index contributed by atoms with van der Waals surface area (Å²) < 4.78 is 54.7. The van der Waals surface area contributed by atoms with Crippen molar-refractivity contribution in [3.05, 3.63) is 75.7 Å². The maximum atomic E-state index is 13.2. The molecule has 0 aliphatic carbocycles. The Bertz CT molecular complexity index is 1370. The summed E-state index contributed by atoms with van der Waals surface area (Å²) in [5.41, 5.74) is 0.593. The molecule has 180 valence electrons. The lowest BCUT2D eigenvalue weighted by Crippen LogP contribution is -2.33. The van der Waals surface area contributed by atoms with Crippen LogP contribution >= 0.6 is 11.6 Å². The van der Waals surface area contributed by atoms with Crippen molar-refractivity contribution in [2.75, 3.05) is 13.7 Å². The molecule has 34 heavy (non-hydrogen) atoms. The first-order valence-electron chi connectivity index (χ1n) is 10.5. The highest BCUT2D eigenvalue weighted by molar-refractivity contribution is 7.86. The van der Waals surface area contributed by atoms with E-state index in [0.717, 1.165) is 10.9 Å². The summed E-state index contributed by atoms with van der Waals surface area (Å²) >= 11 is 6.08. The molecule has 0 N–H and O–H groups in total. The molecule has 0 spiro atoms. The van der Waals surface area contributed by atoms with Crippen LogP contribution in [0.25, 0.3) is 10.8 Å². The first-order valence-corrected chi connectivity index (χ1v) is 12.3. The van der Waals surface area contributed by atoms with Gasteiger partial charge < -0.3 is 18.9 Å². The van der Waals surface area contributed by atoms with Gasteiger partial charge in [-0.2, -0.15) is 8.42 Å². The number of aryl methyl sites for hydroxylation is 1. The van der Waals surface area contributed by atoms with Gasteiger partial charge in [0, 0.05) is 23.7 Å². The Labute approximate surface area is 200 Å². The number of nitrogens with zero attached hydrogens (tertiary/aromatic N) is 1. The lowest BCUT2D eigenvalue weighted by molar-refractivity contribution is -0.256. The summed E-state index contributed by atoms with van der Waals surface area (Å²) in [5.74, 6) is 0. The Morgan fingerprint density at radius 3 is 2.50 bits per heavy atom. The number of halogens is 1. The minimum atomic E-state index is -4.03. The second kappa shape index (κ2) is 9.04. The summed E-state index contributed by atoms with van der Waals surface area (Å²) in [4.78, 5) is 13.2. The minimum absolute atomic E-state index is 0.0326. The molecule has 2 saturated heterocycles. The fraction of sp³-hybridized carbons (Fsp3) is 0.348. The van der Waals surface area contributed by atoms with E-state index in [2.05, 4.69) is 0 Å². The molecule has 3 aromatic rings. The lowest BCUT2D eigenvalue weighted by atomic mass is 10.1. The smallest absolute Gasteiger partial charge is 0.297 e. The summed E-state index contributed by atoms with van der Waals surface area (Å²) in [6, 6.07) is 13.1. The summed E-state index contributed by atoms with van der Waals surface area (Å²) in [5, 5.41) is 1.57. The second-order valence-electron chi connectivity index (χ2n) is 8.10. The van der Waals surface area contributed by atoms with Crippen molar-refractivity contribution in [1.29, 1.82) is 0 Å². The predicted octanol–water partition coefficient (Wildman–Crippen LogP) is 2.98. The van der Waals surface area contributed by atoms with E-state index in [1.165, 1.54) is 23.8 Å². The van der Waals surface area contributed by atoms with Gasteiger partial charge in [0.15, 0.2) is 6.23 Å². The number of hydrogen-bond acceptors (Lipinski definition) is 8. The largest absolute Gasteiger partial charge is 0.347 e. The maximum absolute atomic E-state index is 13.2. The molecule has 3 heterocycles. The van der Waals surface area contributed by atoms with E-state index >= 15 is 0 Å². The van der Waals surface area contributed by atoms with Gasteiger partial charge in [-0.05, 0) is 42.6 Å². The average molecular weight is 508 g/mol. The summed E-state index contributed by atoms with van der Waals surface area (Å²) in [7, 11) is -2.61. The van der Waals surface area contributed by atoms with E-state index < -0.39 is 41.1 Å². The molecule has 0 amide bonds. The third-order valence-corrected chi connectivity index (χ3v) is 7.41. The highest BCUT2D eigenvalue weighted by Gasteiger charge is 2.54. The van der Waals surface area contributed by atoms with Crippen LogP contribution in [0.15, 0.2) is 64.4 Å². The molecule has 1 aromatic heterocycles. The van der Waals surface area contributed by atoms with Crippen LogP contribution in [0, 0.1) is 6.92 Å². The fourth-order valence-electron chi connectivity index (χ4n) is 4.13. The quantitative estimate of drug-likeness (QED) is 0.469. The van der Waals surface area contributed by atoms with Crippen molar-refractivity contribution in [2.45, 2.75) is 42.8 Å². The normalized spacial score (nSPS) is 26.7. The van der Waals surface area contributed by atoms with E-state index in [1.54, 1.807) is 42.6 Å². The molecular formula is C23H22ClNO8S. The SMILES string of the molecule is COC1O[C@@H]2[C@H](O1)[C@@H](COS(=O)(=O)c1ccc(C)cc1)O[C@H]2n1ccc2ccc(Cl)cc2c1=O. The molecule has 2 fully saturated rings. The number of ether oxygens (including phenoxy) is 4. The van der Waals surface area contributed by atoms with E-state index in [-0.39, 0.29) is 17.1 Å². The molecule has 11 heteroatoms. The number of rotatable bonds is 6. The Kier molecular flexibility index (Phi) is 6.23. The number of hydrogen-bond donors (Lipinski definition) is 0. The van der Waals surface area contributed by atoms with Gasteiger partial charge in [-0.15, -0.1) is 0 Å². The van der Waals surface area contributed by atoms with Crippen molar-refractivity contribution < 1.29 is 31.5 Å². The third-order valence-electron chi connectivity index (χ3n) is 5.88. The van der Waals surface area contributed by atoms with Crippen molar-refractivity contribution >= 4 is 32.5 Å². The van der Waals surface area contributed by atoms with Crippen molar-refractivity contribution in [3.8, 4) is 0 Å². The first kappa shape index (κ1) is 23.4. The third kappa shape index (κ3) is 4.27. The highest BCUT2D eigenvalue weighted by atomic mass is 35.5. The van der Waals surface area contributed by atoms with Gasteiger partial charge in [-0.25, -0.2) is 0 Å². The van der Waals surface area contributed by atoms with Crippen LogP contribution in [0.5, 0.6) is 0 Å². The van der Waals surface area contributed by atoms with Gasteiger partial charge in [0.25, 0.3) is 22.2 Å². The topological polar surface area (TPSA) is 102 Å². The van der Waals surface area contributed by atoms with E-state index in [1.807, 2.05) is 6.92 Å². The van der Waals surface area contributed by atoms with Crippen LogP contribution < -0.4 is 5.56 Å². The minimum Gasteiger partial charge on any atom is -0.347 e. The average Bonchev–Trinajstić information content (AvgIpc) is 3.38. The molecule has 0 radical (unpaired) electrons. The Balaban J connectivity index is 1.42. The van der Waals surface area contributed by atoms with E-state index in [4.69, 9.17) is 34.7 Å². The van der Waals surface area contributed by atoms with Gasteiger partial charge in [-0.1, -0.05) is 35.4 Å². The second-order valence-corrected chi connectivity index (χ2v) is 10.2. The van der Waals surface area contributed by atoms with Crippen molar-refractivity contribution in [2.24, 2.45) is 0 Å². The number of fused-ring (bicyclic) bond motifs is 2. The molecular weight excluding hydrogens is 486 g/mol. The van der Waals surface area contributed by atoms with Crippen LogP contribution in [0.3, 0.4) is 0 Å². The summed E-state index contributed by atoms with van der Waals surface area (Å²) in [6.07, 6.45) is -1.58. The van der Waals surface area contributed by atoms with Gasteiger partial charge in [-0.3, -0.25) is 13.5 Å². The van der Waals surface area contributed by atoms with Crippen molar-refractivity contribution in [3.63, 3.8) is 0 Å². The molecule has 2 aromatic carbocycles. The monoisotopic (exact) mass is 507 g/mol. The van der Waals surface area contributed by atoms with Gasteiger partial charge in [0.05, 0.1) is 11.5 Å². The van der Waals surface area contributed by atoms with Crippen LogP contribution in [0.2, 0.25) is 5.02 Å². The molecule has 5 atom stereocenters. The molecule has 2 aliphatic heterocycles. The van der Waals surface area contributed by atoms with Crippen LogP contribution in [-0.4, -0.2) is 51.5 Å². The molecule has 9 nitrogen and oxygen atoms in total. The standard InChI is InChI=1S/C23H22ClNO8S/c1-13-3-7-16(8-4-13)34(27,28)30-12-18-19-20(33-23(29-2)32-19)22(31-18)25-10-9-14-5-6-15(24)11-17(14)21(25)26/h3-11,18-20,22-23H,12H2,1-2H3/t18-,19-,20-,22-,23?/m1/s1. The Morgan fingerprint density at radius 1 is 1.03 bits per heavy atom. The zero-order valence-electron chi connectivity index (χ0n) is 18.3. The van der Waals surface area contributed by atoms with E-state index in [0.29, 0.717) is 10.4 Å². The van der Waals surface area contributed by atoms with Crippen LogP contribution in [0.1, 0.15) is 11.8 Å². The fourth-order valence-corrected chi connectivity index (χ4v) is 5.22. The molecule has 0 saturated carbocycles. The molecule has 0 bridgehead atoms. The van der Waals surface area contributed by atoms with Crippen LogP contribution in [0.4, 0.5) is 0 Å².